The maximum atomic E-state index is 12.6. The van der Waals surface area contributed by atoms with Gasteiger partial charge in [0.15, 0.2) is 6.10 Å². The van der Waals surface area contributed by atoms with E-state index in [0.717, 1.165) is 48.0 Å². The molecule has 31 heavy (non-hydrogen) atoms. The number of likely N-dealkylation sites (tertiary alicyclic amines) is 1. The van der Waals surface area contributed by atoms with Crippen LogP contribution in [-0.2, 0) is 9.59 Å². The zero-order valence-electron chi connectivity index (χ0n) is 17.5. The Morgan fingerprint density at radius 2 is 1.90 bits per heavy atom. The maximum Gasteiger partial charge on any atom is 0.336 e. The number of benzene rings is 1. The van der Waals surface area contributed by atoms with Crippen LogP contribution in [0.3, 0.4) is 0 Å². The number of carboxylic acid groups (broad SMARTS) is 1. The fourth-order valence-corrected chi connectivity index (χ4v) is 4.55. The minimum absolute atomic E-state index is 0.00361. The number of carbonyl (C=O) groups excluding carboxylic acids is 1. The van der Waals surface area contributed by atoms with Gasteiger partial charge in [-0.2, -0.15) is 11.3 Å². The van der Waals surface area contributed by atoms with Crippen LogP contribution in [-0.4, -0.2) is 41.6 Å². The Morgan fingerprint density at radius 3 is 2.55 bits per heavy atom. The van der Waals surface area contributed by atoms with Gasteiger partial charge in [0.1, 0.15) is 11.3 Å². The van der Waals surface area contributed by atoms with E-state index in [1.807, 2.05) is 29.3 Å². The second-order valence-electron chi connectivity index (χ2n) is 7.36. The van der Waals surface area contributed by atoms with Crippen molar-refractivity contribution < 1.29 is 23.8 Å². The Balaban J connectivity index is 0.000000858. The Bertz CT molecular complexity index is 1110. The minimum Gasteiger partial charge on any atom is -0.483 e. The summed E-state index contributed by atoms with van der Waals surface area (Å²) in [6, 6.07) is 6.94. The number of piperidine rings is 1. The first-order valence-electron chi connectivity index (χ1n) is 10.1. The lowest BCUT2D eigenvalue weighted by Gasteiger charge is -2.29. The number of fused-ring (bicyclic) bond motifs is 1. The number of hydrogen-bond acceptors (Lipinski definition) is 6. The van der Waals surface area contributed by atoms with Gasteiger partial charge in [-0.3, -0.25) is 9.59 Å². The second kappa shape index (κ2) is 10.3. The first kappa shape index (κ1) is 22.6. The minimum atomic E-state index is -0.579. The summed E-state index contributed by atoms with van der Waals surface area (Å²) in [7, 11) is 0. The molecule has 3 heterocycles. The van der Waals surface area contributed by atoms with Gasteiger partial charge in [-0.25, -0.2) is 4.79 Å². The predicted molar refractivity (Wildman–Crippen MR) is 120 cm³/mol. The Labute approximate surface area is 183 Å². The van der Waals surface area contributed by atoms with Crippen molar-refractivity contribution in [2.75, 3.05) is 13.1 Å². The molecule has 1 saturated heterocycles. The Kier molecular flexibility index (Phi) is 7.46. The van der Waals surface area contributed by atoms with Gasteiger partial charge in [-0.05, 0) is 67.1 Å². The van der Waals surface area contributed by atoms with Crippen LogP contribution in [0.25, 0.3) is 22.1 Å². The van der Waals surface area contributed by atoms with E-state index in [1.165, 1.54) is 12.5 Å². The van der Waals surface area contributed by atoms with Gasteiger partial charge < -0.3 is 19.2 Å². The summed E-state index contributed by atoms with van der Waals surface area (Å²) < 4.78 is 11.3. The molecule has 1 aliphatic heterocycles. The number of ether oxygens (including phenoxy) is 1. The molecule has 3 aromatic rings. The molecule has 0 spiro atoms. The maximum absolute atomic E-state index is 12.6. The monoisotopic (exact) mass is 443 g/mol. The van der Waals surface area contributed by atoms with Gasteiger partial charge in [0.2, 0.25) is 0 Å². The van der Waals surface area contributed by atoms with E-state index < -0.39 is 11.7 Å². The van der Waals surface area contributed by atoms with Crippen LogP contribution in [0.2, 0.25) is 0 Å². The smallest absolute Gasteiger partial charge is 0.336 e. The average Bonchev–Trinajstić information content (AvgIpc) is 3.19. The third kappa shape index (κ3) is 5.32. The molecule has 1 N–H and O–H groups in total. The van der Waals surface area contributed by atoms with E-state index in [4.69, 9.17) is 19.1 Å². The number of rotatable bonds is 4. The quantitative estimate of drug-likeness (QED) is 0.477. The summed E-state index contributed by atoms with van der Waals surface area (Å²) in [5, 5.41) is 11.8. The fourth-order valence-electron chi connectivity index (χ4n) is 3.70. The van der Waals surface area contributed by atoms with Crippen molar-refractivity contribution in [2.45, 2.75) is 39.2 Å². The van der Waals surface area contributed by atoms with Crippen LogP contribution >= 0.6 is 11.3 Å². The summed E-state index contributed by atoms with van der Waals surface area (Å²) in [4.78, 5) is 34.9. The number of aryl methyl sites for hydroxylation is 1. The van der Waals surface area contributed by atoms with Gasteiger partial charge in [0.25, 0.3) is 12.4 Å². The molecule has 1 fully saturated rings. The van der Waals surface area contributed by atoms with Gasteiger partial charge in [-0.15, -0.1) is 0 Å². The molecule has 1 amide bonds. The lowest BCUT2D eigenvalue weighted by Crippen LogP contribution is -2.43. The van der Waals surface area contributed by atoms with Crippen LogP contribution in [0.5, 0.6) is 5.75 Å². The van der Waals surface area contributed by atoms with E-state index in [-0.39, 0.29) is 12.4 Å². The predicted octanol–water partition coefficient (Wildman–Crippen LogP) is 4.31. The van der Waals surface area contributed by atoms with Crippen molar-refractivity contribution in [3.63, 3.8) is 0 Å². The first-order valence-corrected chi connectivity index (χ1v) is 11.0. The fraction of sp³-hybridized carbons (Fsp3) is 0.348. The molecular weight excluding hydrogens is 418 g/mol. The summed E-state index contributed by atoms with van der Waals surface area (Å²) >= 11 is 1.60. The number of thiophene rings is 1. The normalized spacial score (nSPS) is 14.5. The van der Waals surface area contributed by atoms with E-state index in [2.05, 4.69) is 5.38 Å². The van der Waals surface area contributed by atoms with Crippen LogP contribution in [0.1, 0.15) is 31.7 Å². The Hall–Kier alpha value is -3.13. The second-order valence-corrected chi connectivity index (χ2v) is 8.10. The van der Waals surface area contributed by atoms with E-state index in [1.54, 1.807) is 24.3 Å². The third-order valence-corrected chi connectivity index (χ3v) is 6.05. The molecule has 0 saturated carbocycles. The highest BCUT2D eigenvalue weighted by molar-refractivity contribution is 7.08. The Morgan fingerprint density at radius 1 is 1.19 bits per heavy atom. The average molecular weight is 444 g/mol. The molecule has 7 nitrogen and oxygen atoms in total. The molecule has 0 aliphatic carbocycles. The lowest BCUT2D eigenvalue weighted by molar-refractivity contribution is -0.138. The molecule has 164 valence electrons. The zero-order valence-corrected chi connectivity index (χ0v) is 18.3. The zero-order chi connectivity index (χ0) is 22.4. The summed E-state index contributed by atoms with van der Waals surface area (Å²) in [5.41, 5.74) is 3.07. The van der Waals surface area contributed by atoms with Crippen molar-refractivity contribution in [2.24, 2.45) is 0 Å². The molecule has 1 unspecified atom stereocenters. The number of carbonyl (C=O) groups is 2. The van der Waals surface area contributed by atoms with Crippen molar-refractivity contribution in [3.8, 4) is 16.9 Å². The topological polar surface area (TPSA) is 97.0 Å². The summed E-state index contributed by atoms with van der Waals surface area (Å²) in [5.74, 6) is 0.525. The van der Waals surface area contributed by atoms with Gasteiger partial charge >= 0.3 is 5.63 Å². The molecule has 4 rings (SSSR count). The first-order chi connectivity index (χ1) is 14.9. The third-order valence-electron chi connectivity index (χ3n) is 5.19. The van der Waals surface area contributed by atoms with Crippen molar-refractivity contribution >= 4 is 34.7 Å². The van der Waals surface area contributed by atoms with Crippen molar-refractivity contribution in [1.29, 1.82) is 0 Å². The number of amides is 1. The molecule has 0 radical (unpaired) electrons. The molecule has 8 heteroatoms. The summed E-state index contributed by atoms with van der Waals surface area (Å²) in [6.07, 6.45) is 2.69. The molecule has 2 aromatic heterocycles. The summed E-state index contributed by atoms with van der Waals surface area (Å²) in [6.45, 7) is 5.13. The highest BCUT2D eigenvalue weighted by Gasteiger charge is 2.23. The largest absolute Gasteiger partial charge is 0.483 e. The van der Waals surface area contributed by atoms with Crippen molar-refractivity contribution in [3.05, 3.63) is 51.0 Å². The van der Waals surface area contributed by atoms with Crippen LogP contribution in [0.15, 0.2) is 44.2 Å². The molecular formula is C23H25NO6S. The van der Waals surface area contributed by atoms with Crippen LogP contribution in [0.4, 0.5) is 0 Å². The van der Waals surface area contributed by atoms with Gasteiger partial charge in [-0.1, -0.05) is 0 Å². The van der Waals surface area contributed by atoms with Crippen LogP contribution in [0, 0.1) is 6.92 Å². The number of hydrogen-bond donors (Lipinski definition) is 1. The van der Waals surface area contributed by atoms with Crippen LogP contribution < -0.4 is 10.4 Å². The molecule has 1 aliphatic rings. The van der Waals surface area contributed by atoms with E-state index in [9.17, 15) is 9.59 Å². The standard InChI is InChI=1S/C22H23NO4S.CH2O2/c1-14-12-28-13-19(14)18-11-21(24)27-20-10-16(6-7-17(18)20)26-15(2)22(25)23-8-4-3-5-9-23;2-1-3/h6-7,10-13,15H,3-5,8-9H2,1-2H3;1H,(H,2,3). The van der Waals surface area contributed by atoms with Crippen molar-refractivity contribution in [1.82, 2.24) is 4.90 Å². The van der Waals surface area contributed by atoms with E-state index >= 15 is 0 Å². The molecule has 1 atom stereocenters. The lowest BCUT2D eigenvalue weighted by atomic mass is 10.0. The SMILES string of the molecule is Cc1cscc1-c1cc(=O)oc2cc(OC(C)C(=O)N3CCCCC3)ccc12.O=CO. The van der Waals surface area contributed by atoms with E-state index in [0.29, 0.717) is 11.3 Å². The van der Waals surface area contributed by atoms with Gasteiger partial charge in [0, 0.05) is 36.2 Å². The number of nitrogens with zero attached hydrogens (tertiary/aromatic N) is 1. The highest BCUT2D eigenvalue weighted by atomic mass is 32.1. The highest BCUT2D eigenvalue weighted by Crippen LogP contribution is 2.33. The van der Waals surface area contributed by atoms with Gasteiger partial charge in [0.05, 0.1) is 0 Å². The molecule has 1 aromatic carbocycles. The molecule has 0 bridgehead atoms.